The Kier molecular flexibility index (Phi) is 12.7. The van der Waals surface area contributed by atoms with E-state index in [9.17, 15) is 0 Å². The molecule has 0 saturated heterocycles. The lowest BCUT2D eigenvalue weighted by Crippen LogP contribution is -2.16. The maximum Gasteiger partial charge on any atom is -0.0241 e. The first kappa shape index (κ1) is 26.6. The van der Waals surface area contributed by atoms with Crippen molar-refractivity contribution in [1.82, 2.24) is 0 Å². The Morgan fingerprint density at radius 2 is 1.18 bits per heavy atom. The van der Waals surface area contributed by atoms with E-state index in [1.807, 2.05) is 0 Å². The maximum absolute atomic E-state index is 2.63. The van der Waals surface area contributed by atoms with Gasteiger partial charge in [-0.05, 0) is 80.2 Å². The molecule has 1 aromatic carbocycles. The quantitative estimate of drug-likeness (QED) is 0.184. The average molecular weight is 451 g/mol. The zero-order chi connectivity index (χ0) is 23.1. The van der Waals surface area contributed by atoms with E-state index in [4.69, 9.17) is 0 Å². The third-order valence-electron chi connectivity index (χ3n) is 8.86. The normalized spacial score (nSPS) is 23.5. The standard InChI is InChI=1S/C33H54/c1-3-5-7-9-11-29-14-18-31(19-15-29)21-23-33-26-24-32(25-27-33)22-20-30-16-12-28(13-17-30)10-8-6-4-2/h14-15,18-19,26,28,30,32H,3-13,16-17,20-25,27H2,1-2H3. The Morgan fingerprint density at radius 3 is 1.82 bits per heavy atom. The summed E-state index contributed by atoms with van der Waals surface area (Å²) in [5.74, 6) is 3.09. The Labute approximate surface area is 207 Å². The molecule has 3 rings (SSSR count). The highest BCUT2D eigenvalue weighted by atomic mass is 14.3. The van der Waals surface area contributed by atoms with Crippen LogP contribution in [0.4, 0.5) is 0 Å². The minimum Gasteiger partial charge on any atom is -0.0850 e. The summed E-state index contributed by atoms with van der Waals surface area (Å²) in [6.07, 6.45) is 31.0. The summed E-state index contributed by atoms with van der Waals surface area (Å²) < 4.78 is 0. The van der Waals surface area contributed by atoms with Gasteiger partial charge in [-0.1, -0.05) is 127 Å². The predicted molar refractivity (Wildman–Crippen MR) is 147 cm³/mol. The van der Waals surface area contributed by atoms with Crippen molar-refractivity contribution in [3.05, 3.63) is 47.0 Å². The molecule has 0 nitrogen and oxygen atoms in total. The number of aryl methyl sites for hydroxylation is 2. The van der Waals surface area contributed by atoms with Crippen LogP contribution in [-0.2, 0) is 12.8 Å². The molecule has 0 amide bonds. The first-order valence-electron chi connectivity index (χ1n) is 15.0. The van der Waals surface area contributed by atoms with Crippen LogP contribution in [-0.4, -0.2) is 0 Å². The van der Waals surface area contributed by atoms with E-state index in [1.165, 1.54) is 140 Å². The topological polar surface area (TPSA) is 0 Å². The van der Waals surface area contributed by atoms with Crippen molar-refractivity contribution in [1.29, 1.82) is 0 Å². The van der Waals surface area contributed by atoms with E-state index in [0.29, 0.717) is 0 Å². The van der Waals surface area contributed by atoms with Crippen LogP contribution in [0, 0.1) is 17.8 Å². The lowest BCUT2D eigenvalue weighted by molar-refractivity contribution is 0.234. The second kappa shape index (κ2) is 15.8. The average Bonchev–Trinajstić information content (AvgIpc) is 2.86. The Balaban J connectivity index is 1.26. The number of unbranched alkanes of at least 4 members (excludes halogenated alkanes) is 5. The number of hydrogen-bond acceptors (Lipinski definition) is 0. The molecule has 0 aromatic heterocycles. The van der Waals surface area contributed by atoms with Crippen LogP contribution in [0.2, 0.25) is 0 Å². The van der Waals surface area contributed by atoms with Crippen molar-refractivity contribution in [3.63, 3.8) is 0 Å². The van der Waals surface area contributed by atoms with Gasteiger partial charge in [-0.3, -0.25) is 0 Å². The van der Waals surface area contributed by atoms with Gasteiger partial charge in [-0.15, -0.1) is 0 Å². The van der Waals surface area contributed by atoms with Crippen LogP contribution >= 0.6 is 0 Å². The van der Waals surface area contributed by atoms with E-state index < -0.39 is 0 Å². The molecule has 0 aliphatic heterocycles. The first-order valence-corrected chi connectivity index (χ1v) is 15.0. The van der Waals surface area contributed by atoms with Gasteiger partial charge < -0.3 is 0 Å². The molecule has 1 atom stereocenters. The number of benzene rings is 1. The number of hydrogen-bond donors (Lipinski definition) is 0. The van der Waals surface area contributed by atoms with Gasteiger partial charge in [0.05, 0.1) is 0 Å². The Hall–Kier alpha value is -1.04. The maximum atomic E-state index is 2.63. The zero-order valence-corrected chi connectivity index (χ0v) is 22.3. The minimum atomic E-state index is 0.975. The molecule has 0 N–H and O–H groups in total. The van der Waals surface area contributed by atoms with Crippen LogP contribution in [0.5, 0.6) is 0 Å². The second-order valence-corrected chi connectivity index (χ2v) is 11.6. The highest BCUT2D eigenvalue weighted by Crippen LogP contribution is 2.37. The summed E-state index contributed by atoms with van der Waals surface area (Å²) in [4.78, 5) is 0. The SMILES string of the molecule is CCCCCCc1ccc(CCC2=CCC(CCC3CCC(CCCCC)CC3)CC2)cc1. The van der Waals surface area contributed by atoms with E-state index in [1.54, 1.807) is 5.57 Å². The number of rotatable bonds is 15. The molecule has 0 radical (unpaired) electrons. The smallest absolute Gasteiger partial charge is 0.0241 e. The molecular weight excluding hydrogens is 396 g/mol. The van der Waals surface area contributed by atoms with Gasteiger partial charge in [0.2, 0.25) is 0 Å². The molecular formula is C33H54. The fraction of sp³-hybridized carbons (Fsp3) is 0.758. The third kappa shape index (κ3) is 10.4. The number of allylic oxidation sites excluding steroid dienone is 2. The van der Waals surface area contributed by atoms with E-state index in [0.717, 1.165) is 17.8 Å². The second-order valence-electron chi connectivity index (χ2n) is 11.6. The lowest BCUT2D eigenvalue weighted by Gasteiger charge is -2.30. The largest absolute Gasteiger partial charge is 0.0850 e. The molecule has 186 valence electrons. The van der Waals surface area contributed by atoms with E-state index in [-0.39, 0.29) is 0 Å². The van der Waals surface area contributed by atoms with Gasteiger partial charge in [0.15, 0.2) is 0 Å². The van der Waals surface area contributed by atoms with Gasteiger partial charge in [0, 0.05) is 0 Å². The lowest BCUT2D eigenvalue weighted by atomic mass is 9.76. The van der Waals surface area contributed by atoms with Gasteiger partial charge >= 0.3 is 0 Å². The minimum absolute atomic E-state index is 0.975. The highest BCUT2D eigenvalue weighted by molar-refractivity contribution is 5.23. The van der Waals surface area contributed by atoms with Crippen molar-refractivity contribution in [3.8, 4) is 0 Å². The monoisotopic (exact) mass is 450 g/mol. The summed E-state index contributed by atoms with van der Waals surface area (Å²) >= 11 is 0. The molecule has 0 bridgehead atoms. The fourth-order valence-corrected chi connectivity index (χ4v) is 6.33. The molecule has 0 spiro atoms. The van der Waals surface area contributed by atoms with Crippen molar-refractivity contribution >= 4 is 0 Å². The Bertz CT molecular complexity index is 643. The molecule has 0 heterocycles. The summed E-state index contributed by atoms with van der Waals surface area (Å²) in [6.45, 7) is 4.62. The van der Waals surface area contributed by atoms with Gasteiger partial charge in [-0.25, -0.2) is 0 Å². The zero-order valence-electron chi connectivity index (χ0n) is 22.3. The van der Waals surface area contributed by atoms with Crippen LogP contribution in [0.15, 0.2) is 35.9 Å². The van der Waals surface area contributed by atoms with Gasteiger partial charge in [0.1, 0.15) is 0 Å². The summed E-state index contributed by atoms with van der Waals surface area (Å²) in [5, 5.41) is 0. The predicted octanol–water partition coefficient (Wildman–Crippen LogP) is 10.6. The molecule has 1 aromatic rings. The molecule has 1 unspecified atom stereocenters. The van der Waals surface area contributed by atoms with Crippen LogP contribution in [0.25, 0.3) is 0 Å². The third-order valence-corrected chi connectivity index (χ3v) is 8.86. The molecule has 2 aliphatic carbocycles. The van der Waals surface area contributed by atoms with Crippen LogP contribution < -0.4 is 0 Å². The first-order chi connectivity index (χ1) is 16.3. The van der Waals surface area contributed by atoms with Gasteiger partial charge in [0.25, 0.3) is 0 Å². The highest BCUT2D eigenvalue weighted by Gasteiger charge is 2.22. The summed E-state index contributed by atoms with van der Waals surface area (Å²) in [7, 11) is 0. The fourth-order valence-electron chi connectivity index (χ4n) is 6.33. The van der Waals surface area contributed by atoms with E-state index in [2.05, 4.69) is 44.2 Å². The molecule has 2 aliphatic rings. The van der Waals surface area contributed by atoms with E-state index >= 15 is 0 Å². The van der Waals surface area contributed by atoms with Crippen molar-refractivity contribution in [2.75, 3.05) is 0 Å². The van der Waals surface area contributed by atoms with Crippen LogP contribution in [0.3, 0.4) is 0 Å². The summed E-state index contributed by atoms with van der Waals surface area (Å²) in [6, 6.07) is 9.54. The molecule has 33 heavy (non-hydrogen) atoms. The molecule has 1 fully saturated rings. The van der Waals surface area contributed by atoms with Crippen molar-refractivity contribution in [2.45, 2.75) is 142 Å². The Morgan fingerprint density at radius 1 is 0.576 bits per heavy atom. The molecule has 1 saturated carbocycles. The van der Waals surface area contributed by atoms with Gasteiger partial charge in [-0.2, -0.15) is 0 Å². The summed E-state index contributed by atoms with van der Waals surface area (Å²) in [5.41, 5.74) is 4.79. The van der Waals surface area contributed by atoms with Crippen molar-refractivity contribution < 1.29 is 0 Å². The molecule has 0 heteroatoms. The van der Waals surface area contributed by atoms with Crippen LogP contribution in [0.1, 0.15) is 141 Å². The van der Waals surface area contributed by atoms with Crippen molar-refractivity contribution in [2.24, 2.45) is 17.8 Å².